The lowest BCUT2D eigenvalue weighted by atomic mass is 10.1. The number of carbonyl (C=O) groups excluding carboxylic acids is 1. The van der Waals surface area contributed by atoms with Gasteiger partial charge in [-0.25, -0.2) is 4.79 Å². The van der Waals surface area contributed by atoms with Crippen LogP contribution in [0.5, 0.6) is 0 Å². The van der Waals surface area contributed by atoms with Gasteiger partial charge >= 0.3 is 5.97 Å². The predicted molar refractivity (Wildman–Crippen MR) is 62.3 cm³/mol. The van der Waals surface area contributed by atoms with Crippen LogP contribution in [-0.4, -0.2) is 31.1 Å². The van der Waals surface area contributed by atoms with Crippen LogP contribution >= 0.6 is 0 Å². The Labute approximate surface area is 96.0 Å². The molecule has 3 heteroatoms. The van der Waals surface area contributed by atoms with Crippen molar-refractivity contribution in [3.63, 3.8) is 0 Å². The molecule has 0 atom stereocenters. The normalized spacial score (nSPS) is 16.3. The van der Waals surface area contributed by atoms with E-state index in [0.717, 1.165) is 6.54 Å². The molecule has 16 heavy (non-hydrogen) atoms. The molecule has 86 valence electrons. The molecule has 1 aliphatic heterocycles. The Balaban J connectivity index is 2.06. The zero-order valence-electron chi connectivity index (χ0n) is 9.61. The van der Waals surface area contributed by atoms with E-state index in [1.54, 1.807) is 6.07 Å². The topological polar surface area (TPSA) is 29.5 Å². The number of likely N-dealkylation sites (tertiary alicyclic amines) is 1. The number of benzene rings is 1. The van der Waals surface area contributed by atoms with Gasteiger partial charge in [-0.2, -0.15) is 0 Å². The molecule has 0 amide bonds. The van der Waals surface area contributed by atoms with E-state index < -0.39 is 0 Å². The van der Waals surface area contributed by atoms with Crippen molar-refractivity contribution in [2.45, 2.75) is 19.4 Å². The highest BCUT2D eigenvalue weighted by Gasteiger charge is 2.12. The number of methoxy groups -OCH3 is 1. The minimum Gasteiger partial charge on any atom is -0.465 e. The molecule has 0 radical (unpaired) electrons. The average Bonchev–Trinajstić information content (AvgIpc) is 2.81. The summed E-state index contributed by atoms with van der Waals surface area (Å²) in [5.41, 5.74) is 1.82. The molecule has 0 unspecified atom stereocenters. The molecule has 0 aromatic heterocycles. The van der Waals surface area contributed by atoms with Crippen molar-refractivity contribution in [3.8, 4) is 0 Å². The van der Waals surface area contributed by atoms with Crippen molar-refractivity contribution in [1.29, 1.82) is 0 Å². The minimum atomic E-state index is -0.261. The molecule has 0 bridgehead atoms. The maximum atomic E-state index is 11.4. The number of carbonyl (C=O) groups is 1. The molecule has 1 aromatic rings. The lowest BCUT2D eigenvalue weighted by Crippen LogP contribution is -2.18. The first-order chi connectivity index (χ1) is 7.79. The van der Waals surface area contributed by atoms with Crippen molar-refractivity contribution < 1.29 is 9.53 Å². The summed E-state index contributed by atoms with van der Waals surface area (Å²) >= 11 is 0. The molecule has 2 rings (SSSR count). The van der Waals surface area contributed by atoms with E-state index in [-0.39, 0.29) is 5.97 Å². The smallest absolute Gasteiger partial charge is 0.337 e. The van der Waals surface area contributed by atoms with Gasteiger partial charge in [0.25, 0.3) is 0 Å². The summed E-state index contributed by atoms with van der Waals surface area (Å²) in [5.74, 6) is -0.261. The Morgan fingerprint density at radius 3 is 2.81 bits per heavy atom. The summed E-state index contributed by atoms with van der Waals surface area (Å²) in [6.45, 7) is 3.27. The van der Waals surface area contributed by atoms with Crippen molar-refractivity contribution in [2.75, 3.05) is 20.2 Å². The van der Waals surface area contributed by atoms with Crippen LogP contribution in [0.2, 0.25) is 0 Å². The largest absolute Gasteiger partial charge is 0.465 e. The average molecular weight is 219 g/mol. The van der Waals surface area contributed by atoms with Gasteiger partial charge in [0.1, 0.15) is 0 Å². The Kier molecular flexibility index (Phi) is 3.57. The number of rotatable bonds is 3. The summed E-state index contributed by atoms with van der Waals surface area (Å²) in [5, 5.41) is 0. The number of hydrogen-bond acceptors (Lipinski definition) is 3. The van der Waals surface area contributed by atoms with E-state index in [1.807, 2.05) is 12.1 Å². The van der Waals surface area contributed by atoms with Crippen LogP contribution in [0, 0.1) is 0 Å². The van der Waals surface area contributed by atoms with Crippen molar-refractivity contribution >= 4 is 5.97 Å². The zero-order chi connectivity index (χ0) is 11.4. The van der Waals surface area contributed by atoms with Gasteiger partial charge in [0.15, 0.2) is 0 Å². The molecule has 1 saturated heterocycles. The third-order valence-corrected chi connectivity index (χ3v) is 2.95. The third-order valence-electron chi connectivity index (χ3n) is 2.95. The predicted octanol–water partition coefficient (Wildman–Crippen LogP) is 2.07. The second-order valence-corrected chi connectivity index (χ2v) is 4.18. The summed E-state index contributed by atoms with van der Waals surface area (Å²) in [6, 6.07) is 7.69. The van der Waals surface area contributed by atoms with Crippen LogP contribution in [0.3, 0.4) is 0 Å². The van der Waals surface area contributed by atoms with Gasteiger partial charge in [-0.05, 0) is 43.6 Å². The van der Waals surface area contributed by atoms with Crippen molar-refractivity contribution in [1.82, 2.24) is 4.90 Å². The van der Waals surface area contributed by atoms with Crippen molar-refractivity contribution in [3.05, 3.63) is 35.4 Å². The van der Waals surface area contributed by atoms with Crippen LogP contribution in [0.4, 0.5) is 0 Å². The summed E-state index contributed by atoms with van der Waals surface area (Å²) < 4.78 is 4.71. The first-order valence-electron chi connectivity index (χ1n) is 5.69. The third kappa shape index (κ3) is 2.61. The van der Waals surface area contributed by atoms with Crippen LogP contribution in [0.25, 0.3) is 0 Å². The first kappa shape index (κ1) is 11.1. The monoisotopic (exact) mass is 219 g/mol. The summed E-state index contributed by atoms with van der Waals surface area (Å²) in [6.07, 6.45) is 2.58. The molecular formula is C13H17NO2. The van der Waals surface area contributed by atoms with Gasteiger partial charge < -0.3 is 4.74 Å². The Bertz CT molecular complexity index is 370. The molecule has 0 aliphatic carbocycles. The molecule has 1 fully saturated rings. The molecule has 0 saturated carbocycles. The van der Waals surface area contributed by atoms with E-state index in [0.29, 0.717) is 5.56 Å². The lowest BCUT2D eigenvalue weighted by molar-refractivity contribution is 0.0600. The van der Waals surface area contributed by atoms with E-state index >= 15 is 0 Å². The van der Waals surface area contributed by atoms with Crippen LogP contribution in [-0.2, 0) is 11.3 Å². The van der Waals surface area contributed by atoms with Gasteiger partial charge in [0.2, 0.25) is 0 Å². The first-order valence-corrected chi connectivity index (χ1v) is 5.69. The highest BCUT2D eigenvalue weighted by atomic mass is 16.5. The highest BCUT2D eigenvalue weighted by molar-refractivity contribution is 5.89. The maximum Gasteiger partial charge on any atom is 0.337 e. The molecule has 1 heterocycles. The molecule has 1 aliphatic rings. The van der Waals surface area contributed by atoms with Crippen molar-refractivity contribution in [2.24, 2.45) is 0 Å². The number of nitrogens with zero attached hydrogens (tertiary/aromatic N) is 1. The van der Waals surface area contributed by atoms with Crippen LogP contribution < -0.4 is 0 Å². The zero-order valence-corrected chi connectivity index (χ0v) is 9.61. The molecule has 1 aromatic carbocycles. The van der Waals surface area contributed by atoms with E-state index in [1.165, 1.54) is 38.6 Å². The summed E-state index contributed by atoms with van der Waals surface area (Å²) in [7, 11) is 1.41. The fourth-order valence-electron chi connectivity index (χ4n) is 2.11. The number of esters is 1. The second-order valence-electron chi connectivity index (χ2n) is 4.18. The van der Waals surface area contributed by atoms with Crippen LogP contribution in [0.1, 0.15) is 28.8 Å². The van der Waals surface area contributed by atoms with Gasteiger partial charge in [0.05, 0.1) is 12.7 Å². The fourth-order valence-corrected chi connectivity index (χ4v) is 2.11. The Hall–Kier alpha value is -1.35. The van der Waals surface area contributed by atoms with E-state index in [4.69, 9.17) is 4.74 Å². The van der Waals surface area contributed by atoms with Gasteiger partial charge in [-0.1, -0.05) is 12.1 Å². The quantitative estimate of drug-likeness (QED) is 0.729. The molecule has 0 spiro atoms. The van der Waals surface area contributed by atoms with E-state index in [2.05, 4.69) is 11.0 Å². The lowest BCUT2D eigenvalue weighted by Gasteiger charge is -2.14. The van der Waals surface area contributed by atoms with E-state index in [9.17, 15) is 4.79 Å². The molecule has 3 nitrogen and oxygen atoms in total. The van der Waals surface area contributed by atoms with Gasteiger partial charge in [-0.3, -0.25) is 4.90 Å². The minimum absolute atomic E-state index is 0.261. The standard InChI is InChI=1S/C13H17NO2/c1-16-13(15)12-6-4-5-11(9-12)10-14-7-2-3-8-14/h4-6,9H,2-3,7-8,10H2,1H3. The van der Waals surface area contributed by atoms with Gasteiger partial charge in [-0.15, -0.1) is 0 Å². The Morgan fingerprint density at radius 2 is 2.12 bits per heavy atom. The Morgan fingerprint density at radius 1 is 1.38 bits per heavy atom. The molecule has 0 N–H and O–H groups in total. The SMILES string of the molecule is COC(=O)c1cccc(CN2CCCC2)c1. The summed E-state index contributed by atoms with van der Waals surface area (Å²) in [4.78, 5) is 13.8. The highest BCUT2D eigenvalue weighted by Crippen LogP contribution is 2.14. The second kappa shape index (κ2) is 5.12. The van der Waals surface area contributed by atoms with Gasteiger partial charge in [0, 0.05) is 6.54 Å². The number of ether oxygens (including phenoxy) is 1. The fraction of sp³-hybridized carbons (Fsp3) is 0.462. The maximum absolute atomic E-state index is 11.4. The number of hydrogen-bond donors (Lipinski definition) is 0. The molecular weight excluding hydrogens is 202 g/mol. The van der Waals surface area contributed by atoms with Crippen LogP contribution in [0.15, 0.2) is 24.3 Å².